The van der Waals surface area contributed by atoms with Crippen molar-refractivity contribution in [1.29, 1.82) is 0 Å². The highest BCUT2D eigenvalue weighted by molar-refractivity contribution is 5.98. The zero-order chi connectivity index (χ0) is 18.0. The second-order valence-corrected chi connectivity index (χ2v) is 6.42. The van der Waals surface area contributed by atoms with Crippen LogP contribution < -0.4 is 5.32 Å². The summed E-state index contributed by atoms with van der Waals surface area (Å²) in [5, 5.41) is 7.12. The van der Waals surface area contributed by atoms with E-state index in [1.54, 1.807) is 6.07 Å². The van der Waals surface area contributed by atoms with Crippen LogP contribution in [-0.2, 0) is 27.4 Å². The number of aryl methyl sites for hydroxylation is 1. The maximum Gasteiger partial charge on any atom is 0.308 e. The molecule has 0 saturated carbocycles. The van der Waals surface area contributed by atoms with Crippen LogP contribution >= 0.6 is 0 Å². The molecule has 1 atom stereocenters. The number of fused-ring (bicyclic) bond motifs is 1. The predicted molar refractivity (Wildman–Crippen MR) is 87.6 cm³/mol. The number of amides is 2. The van der Waals surface area contributed by atoms with Crippen LogP contribution in [0, 0.1) is 0 Å². The number of carbonyl (C=O) groups excluding carboxylic acids is 3. The first-order valence-electron chi connectivity index (χ1n) is 8.40. The average Bonchev–Trinajstić information content (AvgIpc) is 2.90. The van der Waals surface area contributed by atoms with E-state index in [9.17, 15) is 14.4 Å². The lowest BCUT2D eigenvalue weighted by Crippen LogP contribution is -2.57. The van der Waals surface area contributed by atoms with Crippen molar-refractivity contribution in [2.24, 2.45) is 0 Å². The zero-order valence-corrected chi connectivity index (χ0v) is 14.5. The summed E-state index contributed by atoms with van der Waals surface area (Å²) in [5.41, 5.74) is 1.30. The van der Waals surface area contributed by atoms with Crippen molar-refractivity contribution in [3.63, 3.8) is 0 Å². The first kappa shape index (κ1) is 17.4. The molecule has 0 aromatic carbocycles. The van der Waals surface area contributed by atoms with E-state index < -0.39 is 12.0 Å². The van der Waals surface area contributed by atoms with Crippen LogP contribution in [0.3, 0.4) is 0 Å². The number of piperazine rings is 1. The van der Waals surface area contributed by atoms with E-state index in [4.69, 9.17) is 0 Å². The summed E-state index contributed by atoms with van der Waals surface area (Å²) in [6.07, 6.45) is 0.806. The number of nitrogens with one attached hydrogen (secondary N) is 1. The molecule has 2 amide bonds. The average molecular weight is 349 g/mol. The highest BCUT2D eigenvalue weighted by Crippen LogP contribution is 2.17. The number of ether oxygens (including phenoxy) is 1. The number of nitrogens with zero attached hydrogens (tertiary/aromatic N) is 4. The molecule has 1 aromatic heterocycles. The minimum absolute atomic E-state index is 0.162. The molecule has 1 fully saturated rings. The van der Waals surface area contributed by atoms with Gasteiger partial charge in [0.1, 0.15) is 6.04 Å². The molecule has 3 heterocycles. The first-order valence-corrected chi connectivity index (χ1v) is 8.40. The molecule has 0 unspecified atom stereocenters. The molecule has 9 heteroatoms. The van der Waals surface area contributed by atoms with Gasteiger partial charge in [0, 0.05) is 32.7 Å². The van der Waals surface area contributed by atoms with Gasteiger partial charge in [0.2, 0.25) is 5.91 Å². The van der Waals surface area contributed by atoms with Crippen molar-refractivity contribution >= 4 is 17.8 Å². The summed E-state index contributed by atoms with van der Waals surface area (Å²) in [4.78, 5) is 40.2. The quantitative estimate of drug-likeness (QED) is 0.720. The van der Waals surface area contributed by atoms with Crippen molar-refractivity contribution in [3.8, 4) is 0 Å². The van der Waals surface area contributed by atoms with Crippen molar-refractivity contribution in [3.05, 3.63) is 17.5 Å². The minimum atomic E-state index is -0.863. The van der Waals surface area contributed by atoms with Crippen molar-refractivity contribution in [1.82, 2.24) is 24.9 Å². The van der Waals surface area contributed by atoms with E-state index in [0.717, 1.165) is 31.7 Å². The lowest BCUT2D eigenvalue weighted by atomic mass is 10.1. The Morgan fingerprint density at radius 1 is 1.36 bits per heavy atom. The van der Waals surface area contributed by atoms with Crippen LogP contribution in [0.5, 0.6) is 0 Å². The molecule has 1 saturated heterocycles. The standard InChI is InChI=1S/C16H23N5O4/c1-19-5-3-6-21-11(10-19)8-12(18-21)16(24)20-7-4-17-15(23)13(20)9-14(22)25-2/h8,13H,3-7,9-10H2,1-2H3,(H,17,23)/t13-/m0/s1. The lowest BCUT2D eigenvalue weighted by Gasteiger charge is -2.34. The van der Waals surface area contributed by atoms with Gasteiger partial charge in [0.15, 0.2) is 5.69 Å². The fourth-order valence-corrected chi connectivity index (χ4v) is 3.28. The third-order valence-corrected chi connectivity index (χ3v) is 4.60. The molecule has 0 aliphatic carbocycles. The second-order valence-electron chi connectivity index (χ2n) is 6.42. The second kappa shape index (κ2) is 7.22. The van der Waals surface area contributed by atoms with Crippen LogP contribution in [0.1, 0.15) is 29.0 Å². The van der Waals surface area contributed by atoms with Gasteiger partial charge in [0.25, 0.3) is 5.91 Å². The Labute approximate surface area is 145 Å². The molecule has 0 bridgehead atoms. The summed E-state index contributed by atoms with van der Waals surface area (Å²) < 4.78 is 6.50. The highest BCUT2D eigenvalue weighted by atomic mass is 16.5. The molecule has 136 valence electrons. The highest BCUT2D eigenvalue weighted by Gasteiger charge is 2.36. The molecule has 3 rings (SSSR count). The third-order valence-electron chi connectivity index (χ3n) is 4.60. The molecule has 0 radical (unpaired) electrons. The largest absolute Gasteiger partial charge is 0.469 e. The summed E-state index contributed by atoms with van der Waals surface area (Å²) in [6.45, 7) is 3.18. The van der Waals surface area contributed by atoms with E-state index in [0.29, 0.717) is 18.8 Å². The van der Waals surface area contributed by atoms with Gasteiger partial charge in [-0.2, -0.15) is 5.10 Å². The lowest BCUT2D eigenvalue weighted by molar-refractivity contribution is -0.145. The Balaban J connectivity index is 1.82. The van der Waals surface area contributed by atoms with Gasteiger partial charge < -0.3 is 19.9 Å². The van der Waals surface area contributed by atoms with E-state index in [1.807, 2.05) is 11.7 Å². The van der Waals surface area contributed by atoms with E-state index in [1.165, 1.54) is 12.0 Å². The van der Waals surface area contributed by atoms with Gasteiger partial charge in [-0.15, -0.1) is 0 Å². The Morgan fingerprint density at radius 2 is 2.16 bits per heavy atom. The van der Waals surface area contributed by atoms with Crippen LogP contribution in [-0.4, -0.2) is 77.2 Å². The van der Waals surface area contributed by atoms with Crippen LogP contribution in [0.25, 0.3) is 0 Å². The van der Waals surface area contributed by atoms with E-state index >= 15 is 0 Å². The van der Waals surface area contributed by atoms with Gasteiger partial charge in [-0.3, -0.25) is 19.1 Å². The molecule has 25 heavy (non-hydrogen) atoms. The predicted octanol–water partition coefficient (Wildman–Crippen LogP) is -0.778. The molecular formula is C16H23N5O4. The van der Waals surface area contributed by atoms with Gasteiger partial charge in [-0.1, -0.05) is 0 Å². The number of rotatable bonds is 3. The Morgan fingerprint density at radius 3 is 2.92 bits per heavy atom. The zero-order valence-electron chi connectivity index (χ0n) is 14.5. The number of hydrogen-bond donors (Lipinski definition) is 1. The van der Waals surface area contributed by atoms with Gasteiger partial charge in [-0.25, -0.2) is 0 Å². The number of carbonyl (C=O) groups is 3. The summed E-state index contributed by atoms with van der Waals surface area (Å²) in [7, 11) is 3.30. The Hall–Kier alpha value is -2.42. The third kappa shape index (κ3) is 3.65. The molecule has 2 aliphatic rings. The number of aromatic nitrogens is 2. The maximum atomic E-state index is 12.9. The summed E-state index contributed by atoms with van der Waals surface area (Å²) >= 11 is 0. The van der Waals surface area contributed by atoms with E-state index in [-0.39, 0.29) is 18.2 Å². The SMILES string of the molecule is COC(=O)C[C@H]1C(=O)NCCN1C(=O)c1cc2n(n1)CCCN(C)C2. The Bertz CT molecular complexity index is 686. The van der Waals surface area contributed by atoms with Crippen molar-refractivity contribution in [2.45, 2.75) is 32.0 Å². The fourth-order valence-electron chi connectivity index (χ4n) is 3.28. The van der Waals surface area contributed by atoms with Gasteiger partial charge in [0.05, 0.1) is 19.2 Å². The normalized spacial score (nSPS) is 21.3. The minimum Gasteiger partial charge on any atom is -0.469 e. The first-order chi connectivity index (χ1) is 12.0. The maximum absolute atomic E-state index is 12.9. The topological polar surface area (TPSA) is 96.8 Å². The van der Waals surface area contributed by atoms with Gasteiger partial charge in [-0.05, 0) is 19.5 Å². The Kier molecular flexibility index (Phi) is 5.03. The number of esters is 1. The molecule has 0 spiro atoms. The molecular weight excluding hydrogens is 326 g/mol. The molecule has 9 nitrogen and oxygen atoms in total. The van der Waals surface area contributed by atoms with E-state index in [2.05, 4.69) is 20.1 Å². The molecule has 1 N–H and O–H groups in total. The van der Waals surface area contributed by atoms with Crippen molar-refractivity contribution < 1.29 is 19.1 Å². The van der Waals surface area contributed by atoms with Crippen LogP contribution in [0.4, 0.5) is 0 Å². The molecule has 2 aliphatic heterocycles. The summed E-state index contributed by atoms with van der Waals surface area (Å²) in [6, 6.07) is 0.921. The smallest absolute Gasteiger partial charge is 0.308 e. The fraction of sp³-hybridized carbons (Fsp3) is 0.625. The van der Waals surface area contributed by atoms with Crippen LogP contribution in [0.2, 0.25) is 0 Å². The van der Waals surface area contributed by atoms with Gasteiger partial charge >= 0.3 is 5.97 Å². The van der Waals surface area contributed by atoms with Crippen molar-refractivity contribution in [2.75, 3.05) is 33.8 Å². The van der Waals surface area contributed by atoms with Crippen LogP contribution in [0.15, 0.2) is 6.07 Å². The number of hydrogen-bond acceptors (Lipinski definition) is 6. The number of methoxy groups -OCH3 is 1. The molecule has 1 aromatic rings. The summed E-state index contributed by atoms with van der Waals surface area (Å²) in [5.74, 6) is -1.19. The monoisotopic (exact) mass is 349 g/mol.